The Hall–Kier alpha value is -2.20. The predicted molar refractivity (Wildman–Crippen MR) is 94.0 cm³/mol. The van der Waals surface area contributed by atoms with Crippen molar-refractivity contribution < 1.29 is 19.5 Å². The smallest absolute Gasteiger partial charge is 0.336 e. The summed E-state index contributed by atoms with van der Waals surface area (Å²) in [7, 11) is 0. The SMILES string of the molecule is O=C1NN(c2ccc(I)cc2)C(=O)C1=Cc1cc(C(=O)O)cs1. The van der Waals surface area contributed by atoms with E-state index in [1.165, 1.54) is 22.5 Å². The third kappa shape index (κ3) is 3.13. The van der Waals surface area contributed by atoms with Gasteiger partial charge in [0, 0.05) is 13.8 Å². The molecule has 0 atom stereocenters. The summed E-state index contributed by atoms with van der Waals surface area (Å²) >= 11 is 3.31. The van der Waals surface area contributed by atoms with Gasteiger partial charge in [0.05, 0.1) is 11.3 Å². The molecule has 0 unspecified atom stereocenters. The minimum Gasteiger partial charge on any atom is -0.478 e. The highest BCUT2D eigenvalue weighted by Crippen LogP contribution is 2.24. The fourth-order valence-electron chi connectivity index (χ4n) is 2.01. The summed E-state index contributed by atoms with van der Waals surface area (Å²) in [6, 6.07) is 8.55. The van der Waals surface area contributed by atoms with Gasteiger partial charge in [-0.3, -0.25) is 15.0 Å². The number of aromatic carboxylic acids is 1. The summed E-state index contributed by atoms with van der Waals surface area (Å²) in [4.78, 5) is 35.8. The number of carboxylic acids is 1. The zero-order valence-corrected chi connectivity index (χ0v) is 14.4. The van der Waals surface area contributed by atoms with Crippen molar-refractivity contribution in [3.05, 3.63) is 55.3 Å². The van der Waals surface area contributed by atoms with Crippen molar-refractivity contribution in [3.8, 4) is 0 Å². The average molecular weight is 440 g/mol. The third-order valence-corrected chi connectivity index (χ3v) is 4.73. The van der Waals surface area contributed by atoms with Gasteiger partial charge in [0.2, 0.25) is 0 Å². The van der Waals surface area contributed by atoms with Crippen LogP contribution in [0.25, 0.3) is 6.08 Å². The molecule has 1 aliphatic heterocycles. The number of carbonyl (C=O) groups is 3. The van der Waals surface area contributed by atoms with E-state index in [0.29, 0.717) is 10.6 Å². The maximum Gasteiger partial charge on any atom is 0.336 e. The van der Waals surface area contributed by atoms with Crippen molar-refractivity contribution >= 4 is 63.5 Å². The molecular weight excluding hydrogens is 431 g/mol. The van der Waals surface area contributed by atoms with Crippen LogP contribution in [-0.4, -0.2) is 22.9 Å². The number of carbonyl (C=O) groups excluding carboxylic acids is 2. The van der Waals surface area contributed by atoms with E-state index < -0.39 is 17.8 Å². The van der Waals surface area contributed by atoms with Crippen LogP contribution in [0.4, 0.5) is 5.69 Å². The molecule has 0 aliphatic carbocycles. The highest BCUT2D eigenvalue weighted by Gasteiger charge is 2.34. The zero-order valence-electron chi connectivity index (χ0n) is 11.4. The van der Waals surface area contributed by atoms with Crippen molar-refractivity contribution in [1.29, 1.82) is 0 Å². The number of rotatable bonds is 3. The van der Waals surface area contributed by atoms with Gasteiger partial charge in [0.1, 0.15) is 5.57 Å². The first-order chi connectivity index (χ1) is 11.0. The first-order valence-corrected chi connectivity index (χ1v) is 8.36. The molecule has 116 valence electrons. The van der Waals surface area contributed by atoms with Crippen LogP contribution in [0.15, 0.2) is 41.3 Å². The Bertz CT molecular complexity index is 841. The van der Waals surface area contributed by atoms with E-state index in [9.17, 15) is 14.4 Å². The van der Waals surface area contributed by atoms with Crippen LogP contribution in [0, 0.1) is 3.57 Å². The number of hydrazine groups is 1. The molecule has 8 heteroatoms. The maximum atomic E-state index is 12.4. The van der Waals surface area contributed by atoms with Gasteiger partial charge in [-0.25, -0.2) is 9.80 Å². The Kier molecular flexibility index (Phi) is 4.18. The van der Waals surface area contributed by atoms with Crippen molar-refractivity contribution in [2.75, 3.05) is 5.01 Å². The van der Waals surface area contributed by atoms with Gasteiger partial charge < -0.3 is 5.11 Å². The van der Waals surface area contributed by atoms with E-state index in [4.69, 9.17) is 5.11 Å². The van der Waals surface area contributed by atoms with Gasteiger partial charge in [0.15, 0.2) is 0 Å². The van der Waals surface area contributed by atoms with Gasteiger partial charge in [-0.15, -0.1) is 11.3 Å². The van der Waals surface area contributed by atoms with E-state index in [1.54, 1.807) is 12.1 Å². The Morgan fingerprint density at radius 3 is 2.57 bits per heavy atom. The number of hydrogen-bond donors (Lipinski definition) is 2. The molecule has 1 aromatic heterocycles. The van der Waals surface area contributed by atoms with Crippen molar-refractivity contribution in [2.45, 2.75) is 0 Å². The van der Waals surface area contributed by atoms with Crippen LogP contribution in [-0.2, 0) is 9.59 Å². The lowest BCUT2D eigenvalue weighted by Gasteiger charge is -2.14. The van der Waals surface area contributed by atoms with Crippen molar-refractivity contribution in [1.82, 2.24) is 5.43 Å². The molecule has 0 spiro atoms. The highest BCUT2D eigenvalue weighted by molar-refractivity contribution is 14.1. The highest BCUT2D eigenvalue weighted by atomic mass is 127. The van der Waals surface area contributed by atoms with Gasteiger partial charge >= 0.3 is 5.97 Å². The second kappa shape index (κ2) is 6.13. The molecule has 1 fully saturated rings. The second-order valence-corrected chi connectivity index (χ2v) is 6.85. The summed E-state index contributed by atoms with van der Waals surface area (Å²) in [5.41, 5.74) is 3.16. The predicted octanol–water partition coefficient (Wildman–Crippen LogP) is 2.51. The van der Waals surface area contributed by atoms with Crippen LogP contribution < -0.4 is 10.4 Å². The molecule has 23 heavy (non-hydrogen) atoms. The summed E-state index contributed by atoms with van der Waals surface area (Å²) in [5.74, 6) is -2.03. The summed E-state index contributed by atoms with van der Waals surface area (Å²) in [6.45, 7) is 0. The Morgan fingerprint density at radius 2 is 1.96 bits per heavy atom. The molecule has 1 aromatic carbocycles. The molecule has 0 saturated carbocycles. The Balaban J connectivity index is 1.90. The molecule has 2 amide bonds. The molecule has 2 heterocycles. The Morgan fingerprint density at radius 1 is 1.26 bits per heavy atom. The molecular formula is C15H9IN2O4S. The van der Waals surface area contributed by atoms with E-state index in [-0.39, 0.29) is 11.1 Å². The van der Waals surface area contributed by atoms with Gasteiger partial charge in [-0.2, -0.15) is 0 Å². The molecule has 0 radical (unpaired) electrons. The topological polar surface area (TPSA) is 86.7 Å². The minimum absolute atomic E-state index is 0.0256. The van der Waals surface area contributed by atoms with Crippen LogP contribution >= 0.6 is 33.9 Å². The number of benzene rings is 1. The third-order valence-electron chi connectivity index (χ3n) is 3.13. The van der Waals surface area contributed by atoms with Crippen molar-refractivity contribution in [2.24, 2.45) is 0 Å². The molecule has 0 bridgehead atoms. The lowest BCUT2D eigenvalue weighted by Crippen LogP contribution is -2.35. The maximum absolute atomic E-state index is 12.4. The number of carboxylic acid groups (broad SMARTS) is 1. The van der Waals surface area contributed by atoms with Crippen molar-refractivity contribution in [3.63, 3.8) is 0 Å². The van der Waals surface area contributed by atoms with Crippen LogP contribution in [0.5, 0.6) is 0 Å². The van der Waals surface area contributed by atoms with E-state index in [0.717, 1.165) is 14.9 Å². The fourth-order valence-corrected chi connectivity index (χ4v) is 3.18. The minimum atomic E-state index is -1.05. The van der Waals surface area contributed by atoms with Gasteiger partial charge in [-0.05, 0) is 59.0 Å². The van der Waals surface area contributed by atoms with Crippen LogP contribution in [0.2, 0.25) is 0 Å². The number of thiophene rings is 1. The second-order valence-electron chi connectivity index (χ2n) is 4.66. The molecule has 2 N–H and O–H groups in total. The van der Waals surface area contributed by atoms with E-state index in [1.807, 2.05) is 12.1 Å². The number of nitrogens with zero attached hydrogens (tertiary/aromatic N) is 1. The standard InChI is InChI=1S/C15H9IN2O4S/c16-9-1-3-10(4-2-9)18-14(20)12(13(19)17-18)6-11-5-8(7-23-11)15(21)22/h1-7H,(H,17,19)(H,21,22). The number of amides is 2. The first-order valence-electron chi connectivity index (χ1n) is 6.40. The number of nitrogens with one attached hydrogen (secondary N) is 1. The molecule has 1 saturated heterocycles. The summed E-state index contributed by atoms with van der Waals surface area (Å²) in [6.07, 6.45) is 1.40. The normalized spacial score (nSPS) is 16.0. The fraction of sp³-hybridized carbons (Fsp3) is 0. The lowest BCUT2D eigenvalue weighted by atomic mass is 10.2. The Labute approximate surface area is 148 Å². The monoisotopic (exact) mass is 440 g/mol. The van der Waals surface area contributed by atoms with Crippen LogP contribution in [0.1, 0.15) is 15.2 Å². The number of hydrogen-bond acceptors (Lipinski definition) is 4. The van der Waals surface area contributed by atoms with Gasteiger partial charge in [-0.1, -0.05) is 0 Å². The quantitative estimate of drug-likeness (QED) is 0.437. The van der Waals surface area contributed by atoms with Gasteiger partial charge in [0.25, 0.3) is 11.8 Å². The summed E-state index contributed by atoms with van der Waals surface area (Å²) < 4.78 is 1.01. The molecule has 2 aromatic rings. The molecule has 3 rings (SSSR count). The zero-order chi connectivity index (χ0) is 16.6. The first kappa shape index (κ1) is 15.7. The molecule has 6 nitrogen and oxygen atoms in total. The largest absolute Gasteiger partial charge is 0.478 e. The molecule has 1 aliphatic rings. The average Bonchev–Trinajstić information content (AvgIpc) is 3.09. The van der Waals surface area contributed by atoms with E-state index in [2.05, 4.69) is 28.0 Å². The number of anilines is 1. The summed E-state index contributed by atoms with van der Waals surface area (Å²) in [5, 5.41) is 11.5. The van der Waals surface area contributed by atoms with Crippen LogP contribution in [0.3, 0.4) is 0 Å². The number of halogens is 1. The lowest BCUT2D eigenvalue weighted by molar-refractivity contribution is -0.117. The van der Waals surface area contributed by atoms with E-state index >= 15 is 0 Å².